The van der Waals surface area contributed by atoms with Gasteiger partial charge in [-0.25, -0.2) is 35.1 Å². The Morgan fingerprint density at radius 1 is 0.775 bits per heavy atom. The third-order valence-corrected chi connectivity index (χ3v) is 3.53. The molecule has 8 nitrogen and oxygen atoms in total. The van der Waals surface area contributed by atoms with E-state index >= 15 is 0 Å². The van der Waals surface area contributed by atoms with Crippen molar-refractivity contribution in [3.05, 3.63) is 0 Å². The molecule has 40 heavy (non-hydrogen) atoms. The largest absolute Gasteiger partial charge is 0.524 e. The number of esters is 2. The van der Waals surface area contributed by atoms with E-state index in [0.717, 1.165) is 0 Å². The lowest BCUT2D eigenvalue weighted by Gasteiger charge is -2.25. The van der Waals surface area contributed by atoms with Crippen molar-refractivity contribution in [2.24, 2.45) is 5.41 Å². The molecule has 0 aromatic rings. The maximum Gasteiger partial charge on any atom is 0.524 e. The van der Waals surface area contributed by atoms with Gasteiger partial charge in [0.25, 0.3) is 5.92 Å². The van der Waals surface area contributed by atoms with Crippen LogP contribution in [0.2, 0.25) is 0 Å². The minimum atomic E-state index is -4.82. The second-order valence-electron chi connectivity index (χ2n) is 6.99. The average Bonchev–Trinajstić information content (AvgIpc) is 2.86. The lowest BCUT2D eigenvalue weighted by molar-refractivity contribution is -0.336. The van der Waals surface area contributed by atoms with Gasteiger partial charge in [-0.1, -0.05) is 22.9 Å². The van der Waals surface area contributed by atoms with Crippen molar-refractivity contribution in [3.8, 4) is 0 Å². The molecule has 0 heterocycles. The van der Waals surface area contributed by atoms with Gasteiger partial charge in [0.15, 0.2) is 13.7 Å². The van der Waals surface area contributed by atoms with Gasteiger partial charge in [-0.2, -0.15) is 4.94 Å². The summed E-state index contributed by atoms with van der Waals surface area (Å²) in [7, 11) is 0. The zero-order chi connectivity index (χ0) is 33.1. The molecule has 1 atom stereocenters. The maximum absolute atomic E-state index is 12.0. The molecule has 0 saturated carbocycles. The highest BCUT2D eigenvalue weighted by Crippen LogP contribution is 2.23. The van der Waals surface area contributed by atoms with Gasteiger partial charge in [-0.15, -0.1) is 13.2 Å². The second kappa shape index (κ2) is 27.6. The number of hydrogen-bond donors (Lipinski definition) is 1. The first-order valence-electron chi connectivity index (χ1n) is 10.1. The fraction of sp³-hybridized carbons (Fsp3) is 0.895. The van der Waals surface area contributed by atoms with Crippen LogP contribution in [0, 0.1) is 5.41 Å². The Hall–Kier alpha value is -1.58. The highest BCUT2D eigenvalue weighted by Gasteiger charge is 2.38. The third kappa shape index (κ3) is 36.4. The van der Waals surface area contributed by atoms with E-state index in [9.17, 15) is 62.4 Å². The highest BCUT2D eigenvalue weighted by atomic mass is 79.9. The van der Waals surface area contributed by atoms with Crippen molar-refractivity contribution in [2.45, 2.75) is 50.7 Å². The number of rotatable bonds is 12. The number of alkyl halides is 12. The van der Waals surface area contributed by atoms with Gasteiger partial charge in [-0.3, -0.25) is 14.3 Å². The van der Waals surface area contributed by atoms with E-state index in [1.54, 1.807) is 13.8 Å². The van der Waals surface area contributed by atoms with Crippen molar-refractivity contribution < 1.29 is 91.4 Å². The smallest absolute Gasteiger partial charge is 0.463 e. The predicted octanol–water partition coefficient (Wildman–Crippen LogP) is 6.29. The topological polar surface area (TPSA) is 101 Å². The zero-order valence-corrected chi connectivity index (χ0v) is 23.2. The van der Waals surface area contributed by atoms with Crippen LogP contribution in [0.3, 0.4) is 0 Å². The van der Waals surface area contributed by atoms with Gasteiger partial charge in [0.05, 0.1) is 6.61 Å². The summed E-state index contributed by atoms with van der Waals surface area (Å²) in [5.41, 5.74) is -1.46. The fourth-order valence-corrected chi connectivity index (χ4v) is 1.26. The van der Waals surface area contributed by atoms with E-state index in [4.69, 9.17) is 9.84 Å². The number of ether oxygens (including phenoxy) is 4. The molecule has 0 aliphatic heterocycles. The number of carbonyl (C=O) groups excluding carboxylic acids is 2. The molecule has 0 amide bonds. The van der Waals surface area contributed by atoms with Crippen LogP contribution >= 0.6 is 15.9 Å². The van der Waals surface area contributed by atoms with E-state index in [1.807, 2.05) is 0 Å². The molecular formula is C19H31BrF12O8. The number of aliphatic hydroxyl groups is 1. The molecule has 0 spiro atoms. The Morgan fingerprint density at radius 3 is 1.45 bits per heavy atom. The third-order valence-electron chi connectivity index (χ3n) is 3.20. The molecule has 21 heteroatoms. The van der Waals surface area contributed by atoms with Crippen LogP contribution in [0.4, 0.5) is 52.8 Å². The quantitative estimate of drug-likeness (QED) is 0.145. The van der Waals surface area contributed by atoms with E-state index in [2.05, 4.69) is 35.1 Å². The first kappa shape index (κ1) is 48.2. The van der Waals surface area contributed by atoms with Gasteiger partial charge in [0.1, 0.15) is 23.0 Å². The van der Waals surface area contributed by atoms with E-state index in [-0.39, 0.29) is 13.0 Å². The van der Waals surface area contributed by atoms with Crippen LogP contribution in [0.15, 0.2) is 0 Å². The number of hydrogen-bond acceptors (Lipinski definition) is 8. The van der Waals surface area contributed by atoms with Crippen LogP contribution in [-0.4, -0.2) is 87.8 Å². The van der Waals surface area contributed by atoms with Crippen molar-refractivity contribution in [1.82, 2.24) is 0 Å². The summed E-state index contributed by atoms with van der Waals surface area (Å²) in [5, 5.41) is 9.07. The summed E-state index contributed by atoms with van der Waals surface area (Å²) in [5.74, 6) is -4.42. The molecule has 0 fully saturated rings. The van der Waals surface area contributed by atoms with Crippen molar-refractivity contribution in [2.75, 3.05) is 54.2 Å². The van der Waals surface area contributed by atoms with Crippen LogP contribution in [0.5, 0.6) is 0 Å². The number of aliphatic hydroxyl groups excluding tert-OH is 1. The van der Waals surface area contributed by atoms with E-state index in [0.29, 0.717) is 0 Å². The van der Waals surface area contributed by atoms with Crippen molar-refractivity contribution in [1.29, 1.82) is 0 Å². The molecule has 0 aliphatic carbocycles. The molecule has 1 N–H and O–H groups in total. The number of halogens is 13. The Labute approximate surface area is 230 Å². The summed E-state index contributed by atoms with van der Waals surface area (Å²) < 4.78 is 143. The molecule has 0 aromatic carbocycles. The van der Waals surface area contributed by atoms with Gasteiger partial charge < -0.3 is 19.3 Å². The van der Waals surface area contributed by atoms with E-state index in [1.165, 1.54) is 13.8 Å². The first-order valence-corrected chi connectivity index (χ1v) is 10.9. The average molecular weight is 695 g/mol. The van der Waals surface area contributed by atoms with Gasteiger partial charge >= 0.3 is 18.3 Å². The summed E-state index contributed by atoms with van der Waals surface area (Å²) in [4.78, 5) is 25.1. The lowest BCUT2D eigenvalue weighted by Crippen LogP contribution is -2.40. The van der Waals surface area contributed by atoms with Crippen LogP contribution < -0.4 is 0 Å². The van der Waals surface area contributed by atoms with Gasteiger partial charge in [-0.05, 0) is 25.3 Å². The van der Waals surface area contributed by atoms with Crippen molar-refractivity contribution >= 4 is 27.9 Å². The van der Waals surface area contributed by atoms with Crippen LogP contribution in [-0.2, 0) is 33.5 Å². The molecule has 0 aromatic heterocycles. The Balaban J connectivity index is -0.000000149. The Kier molecular flexibility index (Phi) is 33.2. The van der Waals surface area contributed by atoms with Gasteiger partial charge in [0, 0.05) is 6.42 Å². The normalized spacial score (nSPS) is 12.3. The monoisotopic (exact) mass is 694 g/mol. The fourth-order valence-electron chi connectivity index (χ4n) is 1.14. The van der Waals surface area contributed by atoms with Crippen LogP contribution in [0.25, 0.3) is 0 Å². The molecule has 0 saturated heterocycles. The molecule has 246 valence electrons. The summed E-state index contributed by atoms with van der Waals surface area (Å²) >= 11 is 3.09. The SMILES string of the molecule is CC(C)(Br)C(=O)OCC(C)(CO)C(=O)OCF.CCC(F)(F)COCF.FCF.FCOC(F)(F)F.FCOF. The van der Waals surface area contributed by atoms with Crippen LogP contribution in [0.1, 0.15) is 34.1 Å². The summed E-state index contributed by atoms with van der Waals surface area (Å²) in [6.45, 7) is -3.36. The Bertz CT molecular complexity index is 597. The highest BCUT2D eigenvalue weighted by molar-refractivity contribution is 9.10. The standard InChI is InChI=1S/C10H16BrFO5.C5H9F3O.C2H2F4O.CH2F2O.CH2F2/c1-9(2,11)7(14)16-5-10(3,4-13)8(15)17-6-12;1-2-5(7,8)3-9-4-6;3-1-7-2(4,5)6;2-1-4-3;2-1-3/h13H,4-6H2,1-3H3;2-4H2,1H3;1H2;1H2;1H2. The molecule has 0 bridgehead atoms. The lowest BCUT2D eigenvalue weighted by atomic mass is 9.93. The number of carbonyl (C=O) groups is 2. The molecule has 0 aliphatic rings. The second-order valence-corrected chi connectivity index (χ2v) is 8.98. The van der Waals surface area contributed by atoms with E-state index < -0.39 is 81.5 Å². The summed E-state index contributed by atoms with van der Waals surface area (Å²) in [6, 6.07) is 0. The summed E-state index contributed by atoms with van der Waals surface area (Å²) in [6.07, 6.45) is -5.14. The molecule has 0 rings (SSSR count). The first-order chi connectivity index (χ1) is 18.2. The van der Waals surface area contributed by atoms with Crippen molar-refractivity contribution in [3.63, 3.8) is 0 Å². The Morgan fingerprint density at radius 2 is 1.23 bits per heavy atom. The minimum absolute atomic E-state index is 0.312. The minimum Gasteiger partial charge on any atom is -0.463 e. The molecular weight excluding hydrogens is 664 g/mol. The maximum atomic E-state index is 12.0. The molecule has 0 radical (unpaired) electrons. The zero-order valence-electron chi connectivity index (χ0n) is 21.6. The molecule has 1 unspecified atom stereocenters. The van der Waals surface area contributed by atoms with Gasteiger partial charge in [0.2, 0.25) is 20.6 Å². The predicted molar refractivity (Wildman–Crippen MR) is 117 cm³/mol.